The van der Waals surface area contributed by atoms with Crippen LogP contribution in [0.15, 0.2) is 18.2 Å². The van der Waals surface area contributed by atoms with Crippen molar-refractivity contribution in [3.8, 4) is 5.75 Å². The number of rotatable bonds is 7. The molecule has 0 aliphatic heterocycles. The van der Waals surface area contributed by atoms with E-state index in [-0.39, 0.29) is 12.4 Å². The normalized spacial score (nSPS) is 11.1. The minimum Gasteiger partial charge on any atom is -0.508 e. The summed E-state index contributed by atoms with van der Waals surface area (Å²) in [5.41, 5.74) is 1.85. The predicted molar refractivity (Wildman–Crippen MR) is 61.4 cm³/mol. The van der Waals surface area contributed by atoms with Crippen LogP contribution >= 0.6 is 0 Å². The number of hydrogen-bond acceptors (Lipinski definition) is 3. The Morgan fingerprint density at radius 3 is 2.88 bits per heavy atom. The van der Waals surface area contributed by atoms with Crippen molar-refractivity contribution in [3.63, 3.8) is 0 Å². The van der Waals surface area contributed by atoms with Gasteiger partial charge in [0.25, 0.3) is 6.43 Å². The highest BCUT2D eigenvalue weighted by Gasteiger charge is 2.02. The maximum Gasteiger partial charge on any atom is 0.261 e. The Bertz CT molecular complexity index is 345. The largest absolute Gasteiger partial charge is 0.508 e. The van der Waals surface area contributed by atoms with Gasteiger partial charge in [0.15, 0.2) is 0 Å². The lowest BCUT2D eigenvalue weighted by molar-refractivity contribution is 0.0187. The molecule has 0 spiro atoms. The van der Waals surface area contributed by atoms with Crippen molar-refractivity contribution < 1.29 is 18.6 Å². The van der Waals surface area contributed by atoms with E-state index >= 15 is 0 Å². The fraction of sp³-hybridized carbons (Fsp3) is 0.500. The molecular formula is C12H17F2NO2. The number of aryl methyl sites for hydroxylation is 1. The minimum atomic E-state index is -2.42. The maximum atomic E-state index is 11.7. The Kier molecular flexibility index (Phi) is 5.86. The van der Waals surface area contributed by atoms with Crippen LogP contribution in [0.3, 0.4) is 0 Å². The monoisotopic (exact) mass is 245 g/mol. The van der Waals surface area contributed by atoms with E-state index in [2.05, 4.69) is 5.32 Å². The first kappa shape index (κ1) is 13.9. The van der Waals surface area contributed by atoms with E-state index in [0.717, 1.165) is 11.1 Å². The molecule has 1 aromatic carbocycles. The van der Waals surface area contributed by atoms with Crippen molar-refractivity contribution in [2.24, 2.45) is 0 Å². The van der Waals surface area contributed by atoms with E-state index in [9.17, 15) is 13.9 Å². The summed E-state index contributed by atoms with van der Waals surface area (Å²) in [5.74, 6) is 0.233. The zero-order chi connectivity index (χ0) is 12.7. The van der Waals surface area contributed by atoms with Crippen LogP contribution in [-0.2, 0) is 11.3 Å². The van der Waals surface area contributed by atoms with Crippen LogP contribution < -0.4 is 5.32 Å². The van der Waals surface area contributed by atoms with Gasteiger partial charge in [0.1, 0.15) is 12.4 Å². The molecule has 1 aromatic rings. The van der Waals surface area contributed by atoms with Gasteiger partial charge in [-0.25, -0.2) is 8.78 Å². The summed E-state index contributed by atoms with van der Waals surface area (Å²) in [6, 6.07) is 5.34. The standard InChI is InChI=1S/C12H17F2NO2/c1-9-2-3-11(16)10(6-9)7-15-4-5-17-8-12(13)14/h2-3,6,12,15-16H,4-5,7-8H2,1H3. The lowest BCUT2D eigenvalue weighted by Crippen LogP contribution is -2.20. The van der Waals surface area contributed by atoms with Crippen molar-refractivity contribution in [1.82, 2.24) is 5.32 Å². The summed E-state index contributed by atoms with van der Waals surface area (Å²) in [7, 11) is 0. The Morgan fingerprint density at radius 1 is 1.41 bits per heavy atom. The lowest BCUT2D eigenvalue weighted by atomic mass is 10.1. The van der Waals surface area contributed by atoms with E-state index in [1.54, 1.807) is 6.07 Å². The topological polar surface area (TPSA) is 41.5 Å². The van der Waals surface area contributed by atoms with Crippen LogP contribution in [0.4, 0.5) is 8.78 Å². The second kappa shape index (κ2) is 7.19. The average Bonchev–Trinajstić information content (AvgIpc) is 2.27. The quantitative estimate of drug-likeness (QED) is 0.723. The number of halogens is 2. The summed E-state index contributed by atoms with van der Waals surface area (Å²) in [6.07, 6.45) is -2.42. The summed E-state index contributed by atoms with van der Waals surface area (Å²) in [6.45, 7) is 2.61. The van der Waals surface area contributed by atoms with Crippen LogP contribution in [0.2, 0.25) is 0 Å². The fourth-order valence-electron chi connectivity index (χ4n) is 1.40. The smallest absolute Gasteiger partial charge is 0.261 e. The van der Waals surface area contributed by atoms with Crippen LogP contribution in [0.25, 0.3) is 0 Å². The first-order chi connectivity index (χ1) is 8.09. The molecule has 0 unspecified atom stereocenters. The molecule has 0 heterocycles. The molecule has 0 radical (unpaired) electrons. The number of phenols is 1. The molecule has 0 amide bonds. The van der Waals surface area contributed by atoms with Crippen LogP contribution in [0.1, 0.15) is 11.1 Å². The van der Waals surface area contributed by atoms with Gasteiger partial charge in [-0.2, -0.15) is 0 Å². The van der Waals surface area contributed by atoms with Gasteiger partial charge in [-0.05, 0) is 13.0 Å². The first-order valence-electron chi connectivity index (χ1n) is 5.44. The molecule has 0 saturated carbocycles. The minimum absolute atomic E-state index is 0.233. The number of aromatic hydroxyl groups is 1. The predicted octanol–water partition coefficient (Wildman–Crippen LogP) is 2.07. The second-order valence-electron chi connectivity index (χ2n) is 3.77. The second-order valence-corrected chi connectivity index (χ2v) is 3.77. The zero-order valence-corrected chi connectivity index (χ0v) is 9.75. The Morgan fingerprint density at radius 2 is 2.18 bits per heavy atom. The number of hydrogen-bond donors (Lipinski definition) is 2. The van der Waals surface area contributed by atoms with Gasteiger partial charge in [0.2, 0.25) is 0 Å². The SMILES string of the molecule is Cc1ccc(O)c(CNCCOCC(F)F)c1. The van der Waals surface area contributed by atoms with Gasteiger partial charge in [-0.15, -0.1) is 0 Å². The van der Waals surface area contributed by atoms with Crippen LogP contribution in [0.5, 0.6) is 5.75 Å². The number of nitrogens with one attached hydrogen (secondary N) is 1. The van der Waals surface area contributed by atoms with Crippen LogP contribution in [0, 0.1) is 6.92 Å². The van der Waals surface area contributed by atoms with E-state index in [1.165, 1.54) is 0 Å². The number of benzene rings is 1. The molecular weight excluding hydrogens is 228 g/mol. The third-order valence-electron chi connectivity index (χ3n) is 2.22. The van der Waals surface area contributed by atoms with E-state index in [4.69, 9.17) is 4.74 Å². The molecule has 0 atom stereocenters. The van der Waals surface area contributed by atoms with E-state index < -0.39 is 13.0 Å². The third-order valence-corrected chi connectivity index (χ3v) is 2.22. The highest BCUT2D eigenvalue weighted by Crippen LogP contribution is 2.17. The highest BCUT2D eigenvalue weighted by atomic mass is 19.3. The molecule has 96 valence electrons. The van der Waals surface area contributed by atoms with Gasteiger partial charge < -0.3 is 15.2 Å². The maximum absolute atomic E-state index is 11.7. The van der Waals surface area contributed by atoms with Crippen molar-refractivity contribution in [1.29, 1.82) is 0 Å². The summed E-state index contributed by atoms with van der Waals surface area (Å²) < 4.78 is 28.2. The van der Waals surface area contributed by atoms with Gasteiger partial charge in [-0.3, -0.25) is 0 Å². The Balaban J connectivity index is 2.20. The molecule has 0 aliphatic carbocycles. The molecule has 2 N–H and O–H groups in total. The van der Waals surface area contributed by atoms with Gasteiger partial charge in [-0.1, -0.05) is 17.7 Å². The third kappa shape index (κ3) is 5.60. The van der Waals surface area contributed by atoms with Crippen LogP contribution in [-0.4, -0.2) is 31.3 Å². The number of phenolic OH excluding ortho intramolecular Hbond substituents is 1. The van der Waals surface area contributed by atoms with Crippen molar-refractivity contribution in [2.45, 2.75) is 19.9 Å². The molecule has 5 heteroatoms. The van der Waals surface area contributed by atoms with E-state index in [0.29, 0.717) is 13.1 Å². The molecule has 17 heavy (non-hydrogen) atoms. The molecule has 0 bridgehead atoms. The average molecular weight is 245 g/mol. The first-order valence-corrected chi connectivity index (χ1v) is 5.44. The Labute approximate surface area is 99.4 Å². The molecule has 0 saturated heterocycles. The van der Waals surface area contributed by atoms with E-state index in [1.807, 2.05) is 19.1 Å². The van der Waals surface area contributed by atoms with Gasteiger partial charge in [0, 0.05) is 18.7 Å². The van der Waals surface area contributed by atoms with Crippen molar-refractivity contribution in [2.75, 3.05) is 19.8 Å². The molecule has 0 aliphatic rings. The van der Waals surface area contributed by atoms with Crippen molar-refractivity contribution in [3.05, 3.63) is 29.3 Å². The summed E-state index contributed by atoms with van der Waals surface area (Å²) in [4.78, 5) is 0. The zero-order valence-electron chi connectivity index (χ0n) is 9.75. The molecule has 1 rings (SSSR count). The molecule has 0 fully saturated rings. The summed E-state index contributed by atoms with van der Waals surface area (Å²) in [5, 5.41) is 12.6. The number of ether oxygens (including phenoxy) is 1. The molecule has 3 nitrogen and oxygen atoms in total. The summed E-state index contributed by atoms with van der Waals surface area (Å²) >= 11 is 0. The highest BCUT2D eigenvalue weighted by molar-refractivity contribution is 5.35. The van der Waals surface area contributed by atoms with Crippen molar-refractivity contribution >= 4 is 0 Å². The Hall–Kier alpha value is -1.20. The number of alkyl halides is 2. The molecule has 0 aromatic heterocycles. The lowest BCUT2D eigenvalue weighted by Gasteiger charge is -2.08. The van der Waals surface area contributed by atoms with Gasteiger partial charge >= 0.3 is 0 Å². The fourth-order valence-corrected chi connectivity index (χ4v) is 1.40. The van der Waals surface area contributed by atoms with Gasteiger partial charge in [0.05, 0.1) is 6.61 Å².